The van der Waals surface area contributed by atoms with Crippen LogP contribution in [-0.2, 0) is 29.1 Å². The number of aryl methyl sites for hydroxylation is 2. The number of nitrogens with zero attached hydrogens (tertiary/aromatic N) is 4. The number of benzene rings is 3. The number of amides is 5. The van der Waals surface area contributed by atoms with Gasteiger partial charge in [0.2, 0.25) is 5.91 Å². The lowest BCUT2D eigenvalue weighted by atomic mass is 9.86. The first kappa shape index (κ1) is 46.1. The molecule has 2 heterocycles. The lowest BCUT2D eigenvalue weighted by molar-refractivity contribution is -0.132. The molecule has 1 saturated heterocycles. The molecule has 61 heavy (non-hydrogen) atoms. The quantitative estimate of drug-likeness (QED) is 0.0665. The van der Waals surface area contributed by atoms with Gasteiger partial charge in [0.15, 0.2) is 0 Å². The highest BCUT2D eigenvalue weighted by Gasteiger charge is 2.41. The molecule has 4 aromatic rings. The number of hydrogen-bond acceptors (Lipinski definition) is 8. The number of carbonyl (C=O) groups is 4. The van der Waals surface area contributed by atoms with E-state index in [2.05, 4.69) is 21.0 Å². The summed E-state index contributed by atoms with van der Waals surface area (Å²) in [6.45, 7) is 14.1. The highest BCUT2D eigenvalue weighted by molar-refractivity contribution is 5.88. The van der Waals surface area contributed by atoms with Gasteiger partial charge in [-0.2, -0.15) is 0 Å². The van der Waals surface area contributed by atoms with Gasteiger partial charge in [-0.1, -0.05) is 107 Å². The number of carbonyl (C=O) groups excluding carboxylic acids is 3. The van der Waals surface area contributed by atoms with Crippen LogP contribution in [0.25, 0.3) is 0 Å². The molecule has 0 spiro atoms. The molecule has 0 bridgehead atoms. The van der Waals surface area contributed by atoms with E-state index in [-0.39, 0.29) is 31.5 Å². The van der Waals surface area contributed by atoms with Gasteiger partial charge in [0, 0.05) is 31.9 Å². The fourth-order valence-electron chi connectivity index (χ4n) is 7.43. The lowest BCUT2D eigenvalue weighted by Gasteiger charge is -2.36. The molecule has 1 fully saturated rings. The van der Waals surface area contributed by atoms with Crippen molar-refractivity contribution in [1.82, 2.24) is 35.9 Å². The summed E-state index contributed by atoms with van der Waals surface area (Å²) < 4.78 is 6.12. The van der Waals surface area contributed by atoms with Crippen LogP contribution in [0.2, 0.25) is 0 Å². The molecule has 0 saturated carbocycles. The summed E-state index contributed by atoms with van der Waals surface area (Å²) in [6.07, 6.45) is -1.74. The average molecular weight is 836 g/mol. The Labute approximate surface area is 359 Å². The minimum atomic E-state index is -1.35. The van der Waals surface area contributed by atoms with E-state index in [1.165, 1.54) is 5.01 Å². The summed E-state index contributed by atoms with van der Waals surface area (Å²) in [6, 6.07) is 27.0. The van der Waals surface area contributed by atoms with E-state index in [0.717, 1.165) is 28.1 Å². The predicted molar refractivity (Wildman–Crippen MR) is 233 cm³/mol. The van der Waals surface area contributed by atoms with Gasteiger partial charge < -0.3 is 35.4 Å². The first-order valence-corrected chi connectivity index (χ1v) is 20.9. The van der Waals surface area contributed by atoms with Crippen LogP contribution in [0.15, 0.2) is 97.1 Å². The summed E-state index contributed by atoms with van der Waals surface area (Å²) in [7, 11) is 0. The van der Waals surface area contributed by atoms with E-state index < -0.39 is 47.6 Å². The second-order valence-electron chi connectivity index (χ2n) is 17.0. The van der Waals surface area contributed by atoms with Crippen molar-refractivity contribution >= 4 is 23.9 Å². The normalized spacial score (nSPS) is 15.5. The zero-order valence-corrected chi connectivity index (χ0v) is 36.3. The second-order valence-corrected chi connectivity index (χ2v) is 17.0. The molecule has 326 valence electrons. The van der Waals surface area contributed by atoms with Crippen LogP contribution in [0.3, 0.4) is 0 Å². The second kappa shape index (κ2) is 21.0. The Morgan fingerprint density at radius 3 is 2.21 bits per heavy atom. The summed E-state index contributed by atoms with van der Waals surface area (Å²) >= 11 is 0. The number of aromatic nitrogens is 1. The molecule has 3 aromatic carbocycles. The number of urea groups is 1. The van der Waals surface area contributed by atoms with E-state index in [0.29, 0.717) is 37.6 Å². The number of nitrogens with one attached hydrogen (secondary N) is 3. The van der Waals surface area contributed by atoms with Gasteiger partial charge in [0.1, 0.15) is 23.6 Å². The first-order chi connectivity index (χ1) is 29.0. The van der Waals surface area contributed by atoms with Crippen molar-refractivity contribution in [3.8, 4) is 11.5 Å². The Morgan fingerprint density at radius 1 is 0.869 bits per heavy atom. The standard InChI is InChI=1S/C47H61N7O7/c1-8-32(3)41(54-25-24-52(46(54)60)29-36-18-12-14-33(4)48-36)43(56)49-39(27-34-15-10-9-11-16-34)40(55)30-53(51-44(57)42(47(5,6)7)50-45(58)59)28-35-17-13-19-38(26-35)61-37-22-20-31(2)21-23-37/h9-23,26,32,39-42,50,55H,8,24-25,27-30H2,1-7H3,(H,49,56)(H,51,57)(H,58,59)/t32-,39-,40-,41-,42+/m0/s1. The number of hydrazine groups is 1. The number of carboxylic acid groups (broad SMARTS) is 1. The smallest absolute Gasteiger partial charge is 0.405 e. The average Bonchev–Trinajstić information content (AvgIpc) is 3.55. The van der Waals surface area contributed by atoms with Crippen LogP contribution in [-0.4, -0.2) is 97.8 Å². The number of aliphatic hydroxyl groups excluding tert-OH is 1. The molecule has 14 heteroatoms. The minimum Gasteiger partial charge on any atom is -0.465 e. The Kier molecular flexibility index (Phi) is 15.9. The monoisotopic (exact) mass is 835 g/mol. The molecular weight excluding hydrogens is 775 g/mol. The first-order valence-electron chi connectivity index (χ1n) is 20.9. The van der Waals surface area contributed by atoms with Crippen molar-refractivity contribution < 1.29 is 34.1 Å². The molecule has 1 aromatic heterocycles. The van der Waals surface area contributed by atoms with E-state index in [9.17, 15) is 29.4 Å². The van der Waals surface area contributed by atoms with Crippen LogP contribution in [0.1, 0.15) is 69.1 Å². The van der Waals surface area contributed by atoms with Crippen molar-refractivity contribution in [2.75, 3.05) is 19.6 Å². The maximum Gasteiger partial charge on any atom is 0.405 e. The fourth-order valence-corrected chi connectivity index (χ4v) is 7.43. The van der Waals surface area contributed by atoms with Crippen LogP contribution >= 0.6 is 0 Å². The van der Waals surface area contributed by atoms with Gasteiger partial charge in [-0.15, -0.1) is 0 Å². The molecular formula is C47H61N7O7. The summed E-state index contributed by atoms with van der Waals surface area (Å²) in [5.74, 6) is -0.0146. The minimum absolute atomic E-state index is 0.0905. The van der Waals surface area contributed by atoms with Gasteiger partial charge in [-0.05, 0) is 79.1 Å². The van der Waals surface area contributed by atoms with E-state index in [1.807, 2.05) is 125 Å². The van der Waals surface area contributed by atoms with Gasteiger partial charge in [0.25, 0.3) is 5.91 Å². The number of ether oxygens (including phenoxy) is 1. The Morgan fingerprint density at radius 2 is 1.56 bits per heavy atom. The van der Waals surface area contributed by atoms with Crippen molar-refractivity contribution in [1.29, 1.82) is 0 Å². The summed E-state index contributed by atoms with van der Waals surface area (Å²) in [4.78, 5) is 62.1. The molecule has 0 unspecified atom stereocenters. The zero-order valence-electron chi connectivity index (χ0n) is 36.3. The van der Waals surface area contributed by atoms with Crippen molar-refractivity contribution in [3.05, 3.63) is 125 Å². The lowest BCUT2D eigenvalue weighted by Crippen LogP contribution is -2.60. The molecule has 5 amide bonds. The maximum atomic E-state index is 14.5. The highest BCUT2D eigenvalue weighted by atomic mass is 16.5. The topological polar surface area (TPSA) is 177 Å². The number of aliphatic hydroxyl groups is 1. The van der Waals surface area contributed by atoms with Gasteiger partial charge in [-0.3, -0.25) is 20.0 Å². The molecule has 1 aliphatic heterocycles. The SMILES string of the molecule is CC[C@H](C)[C@@H](C(=O)N[C@@H](Cc1ccccc1)[C@@H](O)CN(Cc1cccc(Oc2ccc(C)cc2)c1)NC(=O)[C@@H](NC(=O)O)C(C)(C)C)N1CCN(Cc2cccc(C)n2)C1=O. The highest BCUT2D eigenvalue weighted by Crippen LogP contribution is 2.26. The molecule has 1 aliphatic rings. The Bertz CT molecular complexity index is 2090. The van der Waals surface area contributed by atoms with Crippen LogP contribution in [0.5, 0.6) is 11.5 Å². The van der Waals surface area contributed by atoms with Crippen molar-refractivity contribution in [2.45, 2.75) is 98.6 Å². The van der Waals surface area contributed by atoms with E-state index in [1.54, 1.807) is 30.6 Å². The number of pyridine rings is 1. The van der Waals surface area contributed by atoms with Crippen LogP contribution in [0.4, 0.5) is 9.59 Å². The largest absolute Gasteiger partial charge is 0.465 e. The van der Waals surface area contributed by atoms with Crippen LogP contribution in [0, 0.1) is 25.2 Å². The predicted octanol–water partition coefficient (Wildman–Crippen LogP) is 6.45. The molecule has 5 atom stereocenters. The van der Waals surface area contributed by atoms with E-state index in [4.69, 9.17) is 4.74 Å². The third kappa shape index (κ3) is 13.2. The maximum absolute atomic E-state index is 14.5. The van der Waals surface area contributed by atoms with E-state index >= 15 is 0 Å². The number of rotatable bonds is 19. The molecule has 0 aliphatic carbocycles. The molecule has 5 N–H and O–H groups in total. The molecule has 5 rings (SSSR count). The third-order valence-corrected chi connectivity index (χ3v) is 10.9. The van der Waals surface area contributed by atoms with Gasteiger partial charge >= 0.3 is 12.1 Å². The molecule has 0 radical (unpaired) electrons. The molecule has 14 nitrogen and oxygen atoms in total. The third-order valence-electron chi connectivity index (χ3n) is 10.9. The van der Waals surface area contributed by atoms with Crippen molar-refractivity contribution in [3.63, 3.8) is 0 Å². The zero-order chi connectivity index (χ0) is 44.3. The van der Waals surface area contributed by atoms with Crippen LogP contribution < -0.4 is 20.8 Å². The van der Waals surface area contributed by atoms with Gasteiger partial charge in [0.05, 0.1) is 24.4 Å². The number of hydrogen-bond donors (Lipinski definition) is 5. The Balaban J connectivity index is 1.42. The Hall–Kier alpha value is -5.99. The summed E-state index contributed by atoms with van der Waals surface area (Å²) in [5.41, 5.74) is 6.37. The summed E-state index contributed by atoms with van der Waals surface area (Å²) in [5, 5.41) is 28.8. The fraction of sp³-hybridized carbons (Fsp3) is 0.426. The van der Waals surface area contributed by atoms with Crippen molar-refractivity contribution in [2.24, 2.45) is 11.3 Å². The van der Waals surface area contributed by atoms with Gasteiger partial charge in [-0.25, -0.2) is 14.6 Å².